The Morgan fingerprint density at radius 2 is 1.66 bits per heavy atom. The van der Waals surface area contributed by atoms with Crippen molar-refractivity contribution >= 4 is 17.1 Å². The lowest BCUT2D eigenvalue weighted by molar-refractivity contribution is -0.393. The summed E-state index contributed by atoms with van der Waals surface area (Å²) in [6.07, 6.45) is -4.95. The number of aromatic nitrogens is 2. The molecule has 2 heterocycles. The van der Waals surface area contributed by atoms with Gasteiger partial charge in [0.15, 0.2) is 11.5 Å². The van der Waals surface area contributed by atoms with E-state index in [1.54, 1.807) is 6.92 Å². The number of nitro benzene ring substituents is 2. The highest BCUT2D eigenvalue weighted by molar-refractivity contribution is 5.76. The van der Waals surface area contributed by atoms with E-state index < -0.39 is 38.6 Å². The summed E-state index contributed by atoms with van der Waals surface area (Å²) < 4.78 is 44.0. The maximum absolute atomic E-state index is 13.0. The minimum absolute atomic E-state index is 0.143. The maximum Gasteiger partial charge on any atom is 0.416 e. The lowest BCUT2D eigenvalue weighted by atomic mass is 10.1. The molecule has 0 atom stereocenters. The van der Waals surface area contributed by atoms with Gasteiger partial charge in [-0.3, -0.25) is 25.1 Å². The van der Waals surface area contributed by atoms with Gasteiger partial charge in [0.1, 0.15) is 0 Å². The van der Waals surface area contributed by atoms with Gasteiger partial charge in [-0.25, -0.2) is 0 Å². The number of nitrogens with zero attached hydrogens (tertiary/aromatic N) is 6. The van der Waals surface area contributed by atoms with Crippen LogP contribution in [0, 0.1) is 27.2 Å². The third-order valence-corrected chi connectivity index (χ3v) is 4.41. The van der Waals surface area contributed by atoms with Crippen molar-refractivity contribution < 1.29 is 27.5 Å². The topological polar surface area (TPSA) is 132 Å². The summed E-state index contributed by atoms with van der Waals surface area (Å²) in [6.45, 7) is 2.97. The molecule has 29 heavy (non-hydrogen) atoms. The van der Waals surface area contributed by atoms with Gasteiger partial charge in [0.05, 0.1) is 22.0 Å². The van der Waals surface area contributed by atoms with E-state index in [-0.39, 0.29) is 13.1 Å². The highest BCUT2D eigenvalue weighted by atomic mass is 19.4. The number of anilines is 1. The van der Waals surface area contributed by atoms with Crippen LogP contribution in [0.4, 0.5) is 30.2 Å². The van der Waals surface area contributed by atoms with Gasteiger partial charge in [-0.15, -0.1) is 0 Å². The van der Waals surface area contributed by atoms with Crippen molar-refractivity contribution in [3.05, 3.63) is 49.6 Å². The third kappa shape index (κ3) is 4.42. The maximum atomic E-state index is 13.0. The molecule has 0 bridgehead atoms. The molecule has 1 fully saturated rings. The molecule has 156 valence electrons. The number of hydrogen-bond donors (Lipinski definition) is 0. The molecular weight excluding hydrogens is 401 g/mol. The number of alkyl halides is 3. The van der Waals surface area contributed by atoms with Crippen molar-refractivity contribution in [2.75, 3.05) is 31.1 Å². The lowest BCUT2D eigenvalue weighted by Crippen LogP contribution is -2.46. The number of hydrogen-bond acceptors (Lipinski definition) is 9. The van der Waals surface area contributed by atoms with Crippen LogP contribution in [0.15, 0.2) is 16.7 Å². The Labute approximate surface area is 161 Å². The fraction of sp³-hybridized carbons (Fsp3) is 0.467. The number of nitro groups is 2. The summed E-state index contributed by atoms with van der Waals surface area (Å²) in [5.41, 5.74) is -3.77. The molecule has 1 saturated heterocycles. The third-order valence-electron chi connectivity index (χ3n) is 4.41. The van der Waals surface area contributed by atoms with Crippen molar-refractivity contribution in [3.63, 3.8) is 0 Å². The Hall–Kier alpha value is -3.29. The zero-order valence-corrected chi connectivity index (χ0v) is 15.0. The molecule has 11 nitrogen and oxygen atoms in total. The minimum atomic E-state index is -4.95. The zero-order chi connectivity index (χ0) is 21.3. The average Bonchev–Trinajstić information content (AvgIpc) is 3.05. The highest BCUT2D eigenvalue weighted by Crippen LogP contribution is 2.43. The zero-order valence-electron chi connectivity index (χ0n) is 15.0. The second kappa shape index (κ2) is 7.62. The van der Waals surface area contributed by atoms with Gasteiger partial charge in [-0.05, 0) is 0 Å². The number of aryl methyl sites for hydroxylation is 1. The van der Waals surface area contributed by atoms with E-state index in [4.69, 9.17) is 4.52 Å². The fourth-order valence-electron chi connectivity index (χ4n) is 3.11. The first-order valence-corrected chi connectivity index (χ1v) is 8.36. The van der Waals surface area contributed by atoms with E-state index in [1.165, 1.54) is 4.90 Å². The number of halogens is 3. The molecule has 0 aliphatic carbocycles. The molecule has 0 N–H and O–H groups in total. The van der Waals surface area contributed by atoms with Gasteiger partial charge < -0.3 is 9.42 Å². The molecule has 0 saturated carbocycles. The van der Waals surface area contributed by atoms with Gasteiger partial charge in [-0.2, -0.15) is 18.2 Å². The van der Waals surface area contributed by atoms with Gasteiger partial charge in [0.25, 0.3) is 11.4 Å². The molecule has 1 aliphatic rings. The highest BCUT2D eigenvalue weighted by Gasteiger charge is 2.39. The van der Waals surface area contributed by atoms with Crippen LogP contribution in [0.25, 0.3) is 0 Å². The second-order valence-corrected chi connectivity index (χ2v) is 6.37. The van der Waals surface area contributed by atoms with Crippen molar-refractivity contribution in [2.24, 2.45) is 0 Å². The summed E-state index contributed by atoms with van der Waals surface area (Å²) >= 11 is 0. The van der Waals surface area contributed by atoms with E-state index in [1.807, 2.05) is 4.90 Å². The number of piperazine rings is 1. The van der Waals surface area contributed by atoms with Crippen LogP contribution < -0.4 is 4.90 Å². The lowest BCUT2D eigenvalue weighted by Gasteiger charge is -2.34. The van der Waals surface area contributed by atoms with Gasteiger partial charge in [0.2, 0.25) is 5.89 Å². The van der Waals surface area contributed by atoms with Crippen molar-refractivity contribution in [1.82, 2.24) is 15.0 Å². The van der Waals surface area contributed by atoms with Crippen molar-refractivity contribution in [1.29, 1.82) is 0 Å². The standard InChI is InChI=1S/C15H15F3N6O5/c1-9-19-13(20-29-9)8-21-2-4-22(5-3-21)14-11(23(25)26)6-10(15(16,17)18)7-12(14)24(27)28/h6-7H,2-5,8H2,1H3. The van der Waals surface area contributed by atoms with Crippen molar-refractivity contribution in [3.8, 4) is 0 Å². The summed E-state index contributed by atoms with van der Waals surface area (Å²) in [6, 6.07) is 0.660. The smallest absolute Gasteiger partial charge is 0.358 e. The van der Waals surface area contributed by atoms with Crippen LogP contribution >= 0.6 is 0 Å². The summed E-state index contributed by atoms with van der Waals surface area (Å²) in [4.78, 5) is 28.0. The Morgan fingerprint density at radius 3 is 2.07 bits per heavy atom. The van der Waals surface area contributed by atoms with Crippen LogP contribution in [0.2, 0.25) is 0 Å². The molecule has 1 aromatic carbocycles. The molecule has 14 heteroatoms. The quantitative estimate of drug-likeness (QED) is 0.533. The van der Waals surface area contributed by atoms with Gasteiger partial charge in [-0.1, -0.05) is 5.16 Å². The molecule has 0 spiro atoms. The molecule has 1 aliphatic heterocycles. The molecule has 2 aromatic rings. The van der Waals surface area contributed by atoms with E-state index in [0.717, 1.165) is 0 Å². The fourth-order valence-corrected chi connectivity index (χ4v) is 3.11. The number of benzene rings is 1. The Balaban J connectivity index is 1.88. The first kappa shape index (κ1) is 20.4. The normalized spacial score (nSPS) is 15.5. The largest absolute Gasteiger partial charge is 0.416 e. The second-order valence-electron chi connectivity index (χ2n) is 6.37. The van der Waals surface area contributed by atoms with Crippen LogP contribution in [0.1, 0.15) is 17.3 Å². The molecule has 3 rings (SSSR count). The van der Waals surface area contributed by atoms with Crippen LogP contribution in [-0.2, 0) is 12.7 Å². The molecule has 0 radical (unpaired) electrons. The Kier molecular flexibility index (Phi) is 5.37. The van der Waals surface area contributed by atoms with E-state index in [9.17, 15) is 33.4 Å². The average molecular weight is 416 g/mol. The van der Waals surface area contributed by atoms with E-state index >= 15 is 0 Å². The van der Waals surface area contributed by atoms with Crippen molar-refractivity contribution in [2.45, 2.75) is 19.6 Å². The Bertz CT molecular complexity index is 904. The monoisotopic (exact) mass is 416 g/mol. The first-order valence-electron chi connectivity index (χ1n) is 8.36. The molecule has 0 unspecified atom stereocenters. The van der Waals surface area contributed by atoms with Crippen LogP contribution in [0.5, 0.6) is 0 Å². The number of rotatable bonds is 5. The van der Waals surface area contributed by atoms with Gasteiger partial charge >= 0.3 is 6.18 Å². The first-order chi connectivity index (χ1) is 13.6. The summed E-state index contributed by atoms with van der Waals surface area (Å²) in [5, 5.41) is 26.5. The Morgan fingerprint density at radius 1 is 1.10 bits per heavy atom. The summed E-state index contributed by atoms with van der Waals surface area (Å²) in [7, 11) is 0. The SMILES string of the molecule is Cc1nc(CN2CCN(c3c([N+](=O)[O-])cc(C(F)(F)F)cc3[N+](=O)[O-])CC2)no1. The minimum Gasteiger partial charge on any atom is -0.358 e. The van der Waals surface area contributed by atoms with Gasteiger partial charge in [0, 0.05) is 45.2 Å². The predicted octanol–water partition coefficient (Wildman–Crippen LogP) is 2.54. The summed E-state index contributed by atoms with van der Waals surface area (Å²) in [5.74, 6) is 0.845. The molecular formula is C15H15F3N6O5. The van der Waals surface area contributed by atoms with Crippen LogP contribution in [-0.4, -0.2) is 51.1 Å². The molecule has 1 aromatic heterocycles. The molecule has 0 amide bonds. The van der Waals surface area contributed by atoms with Crippen LogP contribution in [0.3, 0.4) is 0 Å². The van der Waals surface area contributed by atoms with E-state index in [0.29, 0.717) is 43.5 Å². The predicted molar refractivity (Wildman–Crippen MR) is 91.3 cm³/mol. The van der Waals surface area contributed by atoms with E-state index in [2.05, 4.69) is 10.1 Å².